The van der Waals surface area contributed by atoms with Crippen molar-refractivity contribution in [3.63, 3.8) is 0 Å². The van der Waals surface area contributed by atoms with Gasteiger partial charge in [-0.15, -0.1) is 0 Å². The van der Waals surface area contributed by atoms with Crippen molar-refractivity contribution in [2.24, 2.45) is 0 Å². The second-order valence-electron chi connectivity index (χ2n) is 7.20. The van der Waals surface area contributed by atoms with Crippen LogP contribution in [0.2, 0.25) is 0 Å². The van der Waals surface area contributed by atoms with Crippen LogP contribution in [0.5, 0.6) is 0 Å². The van der Waals surface area contributed by atoms with Gasteiger partial charge in [0.25, 0.3) is 5.91 Å². The molecule has 4 rings (SSSR count). The maximum atomic E-state index is 13.0. The molecule has 1 aliphatic heterocycles. The molecular formula is C22H25N5O. The number of aromatic nitrogens is 3. The number of nitrogens with zero attached hydrogens (tertiary/aromatic N) is 5. The first-order chi connectivity index (χ1) is 13.7. The average molecular weight is 375 g/mol. The number of hydrogen-bond donors (Lipinski definition) is 0. The highest BCUT2D eigenvalue weighted by molar-refractivity contribution is 5.98. The van der Waals surface area contributed by atoms with Crippen LogP contribution in [-0.2, 0) is 6.54 Å². The molecule has 0 spiro atoms. The number of carbonyl (C=O) groups is 1. The van der Waals surface area contributed by atoms with Gasteiger partial charge >= 0.3 is 0 Å². The maximum Gasteiger partial charge on any atom is 0.257 e. The quantitative estimate of drug-likeness (QED) is 0.685. The topological polar surface area (TPSA) is 54.3 Å². The minimum atomic E-state index is 0.0867. The van der Waals surface area contributed by atoms with Gasteiger partial charge in [-0.05, 0) is 55.2 Å². The van der Waals surface area contributed by atoms with Crippen molar-refractivity contribution in [3.05, 3.63) is 72.2 Å². The number of carbonyl (C=O) groups excluding carboxylic acids is 1. The van der Waals surface area contributed by atoms with E-state index in [2.05, 4.69) is 22.2 Å². The van der Waals surface area contributed by atoms with Crippen LogP contribution in [0.4, 0.5) is 5.82 Å². The van der Waals surface area contributed by atoms with Gasteiger partial charge in [0.05, 0.1) is 11.3 Å². The van der Waals surface area contributed by atoms with Crippen LogP contribution in [-0.4, -0.2) is 45.7 Å². The molecule has 0 unspecified atom stereocenters. The first-order valence-electron chi connectivity index (χ1n) is 9.77. The Labute approximate surface area is 165 Å². The van der Waals surface area contributed by atoms with Crippen LogP contribution in [0.15, 0.2) is 61.1 Å². The molecule has 0 N–H and O–H groups in total. The van der Waals surface area contributed by atoms with Crippen LogP contribution >= 0.6 is 0 Å². The molecule has 1 aromatic carbocycles. The van der Waals surface area contributed by atoms with Gasteiger partial charge in [0.2, 0.25) is 0 Å². The molecule has 1 saturated heterocycles. The first kappa shape index (κ1) is 18.2. The fourth-order valence-electron chi connectivity index (χ4n) is 3.66. The molecule has 6 nitrogen and oxygen atoms in total. The Morgan fingerprint density at radius 3 is 2.54 bits per heavy atom. The van der Waals surface area contributed by atoms with Gasteiger partial charge in [-0.3, -0.25) is 4.79 Å². The number of anilines is 1. The minimum absolute atomic E-state index is 0.0867. The molecule has 144 valence electrons. The van der Waals surface area contributed by atoms with Crippen LogP contribution in [0, 0.1) is 0 Å². The van der Waals surface area contributed by atoms with E-state index in [4.69, 9.17) is 0 Å². The van der Waals surface area contributed by atoms with Gasteiger partial charge in [-0.2, -0.15) is 5.10 Å². The van der Waals surface area contributed by atoms with Crippen LogP contribution in [0.1, 0.15) is 35.2 Å². The zero-order valence-electron chi connectivity index (χ0n) is 16.2. The van der Waals surface area contributed by atoms with Crippen molar-refractivity contribution in [3.8, 4) is 5.69 Å². The summed E-state index contributed by atoms with van der Waals surface area (Å²) in [6.45, 7) is 2.36. The monoisotopic (exact) mass is 375 g/mol. The zero-order valence-corrected chi connectivity index (χ0v) is 16.2. The molecule has 0 aliphatic carbocycles. The Balaban J connectivity index is 1.50. The third-order valence-electron chi connectivity index (χ3n) is 5.15. The molecule has 0 saturated carbocycles. The highest BCUT2D eigenvalue weighted by Crippen LogP contribution is 2.22. The van der Waals surface area contributed by atoms with E-state index in [0.29, 0.717) is 12.1 Å². The summed E-state index contributed by atoms with van der Waals surface area (Å²) in [5, 5.41) is 4.25. The Morgan fingerprint density at radius 1 is 1.04 bits per heavy atom. The molecule has 3 aromatic rings. The molecule has 0 radical (unpaired) electrons. The standard InChI is InChI=1S/C22H25N5O/c1-25(17-18-8-10-19(11-9-18)27-16-6-13-24-27)21-20(7-5-12-23-21)22(28)26-14-3-2-4-15-26/h5-13,16H,2-4,14-15,17H2,1H3. The first-order valence-corrected chi connectivity index (χ1v) is 9.77. The summed E-state index contributed by atoms with van der Waals surface area (Å²) in [6.07, 6.45) is 8.81. The smallest absolute Gasteiger partial charge is 0.257 e. The molecular weight excluding hydrogens is 350 g/mol. The number of rotatable bonds is 5. The molecule has 1 aliphatic rings. The van der Waals surface area contributed by atoms with E-state index in [9.17, 15) is 4.79 Å². The summed E-state index contributed by atoms with van der Waals surface area (Å²) in [5.41, 5.74) is 2.86. The van der Waals surface area contributed by atoms with Gasteiger partial charge in [0, 0.05) is 45.3 Å². The van der Waals surface area contributed by atoms with Crippen LogP contribution in [0.3, 0.4) is 0 Å². The summed E-state index contributed by atoms with van der Waals surface area (Å²) in [6, 6.07) is 13.9. The van der Waals surface area contributed by atoms with E-state index in [0.717, 1.165) is 43.0 Å². The van der Waals surface area contributed by atoms with Gasteiger partial charge in [0.1, 0.15) is 5.82 Å². The zero-order chi connectivity index (χ0) is 19.3. The Kier molecular flexibility index (Phi) is 5.37. The molecule has 3 heterocycles. The van der Waals surface area contributed by atoms with Gasteiger partial charge in [0.15, 0.2) is 0 Å². The van der Waals surface area contributed by atoms with Crippen molar-refractivity contribution in [1.82, 2.24) is 19.7 Å². The summed E-state index contributed by atoms with van der Waals surface area (Å²) in [4.78, 5) is 21.5. The fourth-order valence-corrected chi connectivity index (χ4v) is 3.66. The predicted octanol–water partition coefficient (Wildman–Crippen LogP) is 3.53. The second kappa shape index (κ2) is 8.25. The normalized spacial score (nSPS) is 14.1. The lowest BCUT2D eigenvalue weighted by Gasteiger charge is -2.28. The lowest BCUT2D eigenvalue weighted by molar-refractivity contribution is 0.0724. The molecule has 2 aromatic heterocycles. The lowest BCUT2D eigenvalue weighted by atomic mass is 10.1. The van der Waals surface area contributed by atoms with E-state index >= 15 is 0 Å². The predicted molar refractivity (Wildman–Crippen MR) is 110 cm³/mol. The van der Waals surface area contributed by atoms with Gasteiger partial charge in [-0.25, -0.2) is 9.67 Å². The van der Waals surface area contributed by atoms with Crippen molar-refractivity contribution in [1.29, 1.82) is 0 Å². The fraction of sp³-hybridized carbons (Fsp3) is 0.318. The Hall–Kier alpha value is -3.15. The lowest BCUT2D eigenvalue weighted by Crippen LogP contribution is -2.36. The summed E-state index contributed by atoms with van der Waals surface area (Å²) in [7, 11) is 1.98. The highest BCUT2D eigenvalue weighted by atomic mass is 16.2. The van der Waals surface area contributed by atoms with Crippen molar-refractivity contribution in [2.45, 2.75) is 25.8 Å². The molecule has 1 fully saturated rings. The Morgan fingerprint density at radius 2 is 1.82 bits per heavy atom. The Bertz CT molecular complexity index is 914. The van der Waals surface area contributed by atoms with E-state index in [1.807, 2.05) is 58.1 Å². The van der Waals surface area contributed by atoms with E-state index in [-0.39, 0.29) is 5.91 Å². The number of amides is 1. The third-order valence-corrected chi connectivity index (χ3v) is 5.15. The number of hydrogen-bond acceptors (Lipinski definition) is 4. The third kappa shape index (κ3) is 3.91. The summed E-state index contributed by atoms with van der Waals surface area (Å²) < 4.78 is 1.83. The van der Waals surface area contributed by atoms with E-state index in [1.165, 1.54) is 6.42 Å². The second-order valence-corrected chi connectivity index (χ2v) is 7.20. The van der Waals surface area contributed by atoms with Crippen LogP contribution < -0.4 is 4.90 Å². The summed E-state index contributed by atoms with van der Waals surface area (Å²) >= 11 is 0. The number of pyridine rings is 1. The molecule has 6 heteroatoms. The van der Waals surface area contributed by atoms with Crippen LogP contribution in [0.25, 0.3) is 5.69 Å². The average Bonchev–Trinajstić information content (AvgIpc) is 3.29. The van der Waals surface area contributed by atoms with Crippen molar-refractivity contribution >= 4 is 11.7 Å². The minimum Gasteiger partial charge on any atom is -0.355 e. The van der Waals surface area contributed by atoms with Gasteiger partial charge < -0.3 is 9.80 Å². The number of likely N-dealkylation sites (tertiary alicyclic amines) is 1. The molecule has 0 bridgehead atoms. The molecule has 1 amide bonds. The van der Waals surface area contributed by atoms with E-state index in [1.54, 1.807) is 12.4 Å². The van der Waals surface area contributed by atoms with Crippen molar-refractivity contribution < 1.29 is 4.79 Å². The van der Waals surface area contributed by atoms with Crippen molar-refractivity contribution in [2.75, 3.05) is 25.0 Å². The molecule has 0 atom stereocenters. The van der Waals surface area contributed by atoms with Gasteiger partial charge in [-0.1, -0.05) is 12.1 Å². The maximum absolute atomic E-state index is 13.0. The number of piperidine rings is 1. The SMILES string of the molecule is CN(Cc1ccc(-n2cccn2)cc1)c1ncccc1C(=O)N1CCCCC1. The largest absolute Gasteiger partial charge is 0.355 e. The van der Waals surface area contributed by atoms with E-state index < -0.39 is 0 Å². The summed E-state index contributed by atoms with van der Waals surface area (Å²) in [5.74, 6) is 0.818. The number of benzene rings is 1. The highest BCUT2D eigenvalue weighted by Gasteiger charge is 2.22. The molecule has 28 heavy (non-hydrogen) atoms.